The van der Waals surface area contributed by atoms with Crippen LogP contribution in [0.5, 0.6) is 0 Å². The molecule has 0 aromatic heterocycles. The largest absolute Gasteiger partial charge is 0.395 e. The second-order valence-electron chi connectivity index (χ2n) is 3.86. The Morgan fingerprint density at radius 2 is 2.07 bits per heavy atom. The van der Waals surface area contributed by atoms with Gasteiger partial charge in [0.05, 0.1) is 25.0 Å². The van der Waals surface area contributed by atoms with E-state index in [0.717, 1.165) is 4.90 Å². The van der Waals surface area contributed by atoms with Crippen LogP contribution in [0.2, 0.25) is 0 Å². The number of hydrogen-bond donors (Lipinski definition) is 1. The van der Waals surface area contributed by atoms with Gasteiger partial charge in [0.2, 0.25) is 11.8 Å². The lowest BCUT2D eigenvalue weighted by molar-refractivity contribution is -0.140. The molecule has 1 saturated heterocycles. The number of carbonyl (C=O) groups is 2. The lowest BCUT2D eigenvalue weighted by atomic mass is 9.85. The number of carbonyl (C=O) groups excluding carboxylic acids is 2. The molecule has 1 fully saturated rings. The van der Waals surface area contributed by atoms with E-state index in [0.29, 0.717) is 17.9 Å². The van der Waals surface area contributed by atoms with Crippen molar-refractivity contribution in [3.05, 3.63) is 11.1 Å². The van der Waals surface area contributed by atoms with Crippen molar-refractivity contribution in [1.29, 1.82) is 0 Å². The first-order valence-electron chi connectivity index (χ1n) is 4.95. The minimum Gasteiger partial charge on any atom is -0.395 e. The first-order valence-corrected chi connectivity index (χ1v) is 5.33. The number of aliphatic hydroxyl groups excluding tert-OH is 1. The van der Waals surface area contributed by atoms with Gasteiger partial charge in [0.15, 0.2) is 0 Å². The fourth-order valence-electron chi connectivity index (χ4n) is 2.22. The van der Waals surface area contributed by atoms with E-state index in [2.05, 4.69) is 0 Å². The van der Waals surface area contributed by atoms with Gasteiger partial charge in [0, 0.05) is 5.03 Å². The number of aliphatic hydroxyl groups is 1. The van der Waals surface area contributed by atoms with Crippen molar-refractivity contribution in [2.24, 2.45) is 11.8 Å². The highest BCUT2D eigenvalue weighted by molar-refractivity contribution is 6.30. The molecular formula is C10H12ClNO3. The summed E-state index contributed by atoms with van der Waals surface area (Å²) in [5.74, 6) is -0.919. The monoisotopic (exact) mass is 229 g/mol. The normalized spacial score (nSPS) is 30.5. The number of amides is 2. The number of β-amino-alcohol motifs (C(OH)–C–C–N with tert-alkyl or cyclic N) is 1. The molecule has 2 aliphatic rings. The van der Waals surface area contributed by atoms with E-state index >= 15 is 0 Å². The van der Waals surface area contributed by atoms with Crippen molar-refractivity contribution in [3.63, 3.8) is 0 Å². The van der Waals surface area contributed by atoms with Gasteiger partial charge in [-0.2, -0.15) is 0 Å². The summed E-state index contributed by atoms with van der Waals surface area (Å²) in [5.41, 5.74) is 0. The minimum atomic E-state index is -0.304. The van der Waals surface area contributed by atoms with E-state index in [9.17, 15) is 9.59 Å². The van der Waals surface area contributed by atoms with Gasteiger partial charge in [0.25, 0.3) is 0 Å². The Bertz CT molecular complexity index is 340. The van der Waals surface area contributed by atoms with Crippen molar-refractivity contribution in [2.75, 3.05) is 13.2 Å². The minimum absolute atomic E-state index is 0.0995. The van der Waals surface area contributed by atoms with Crippen molar-refractivity contribution < 1.29 is 14.7 Å². The lowest BCUT2D eigenvalue weighted by Gasteiger charge is -2.17. The second kappa shape index (κ2) is 3.94. The number of likely N-dealkylation sites (tertiary alicyclic amines) is 1. The summed E-state index contributed by atoms with van der Waals surface area (Å²) in [6.07, 6.45) is 2.80. The predicted octanol–water partition coefficient (Wildman–Crippen LogP) is 0.496. The summed E-state index contributed by atoms with van der Waals surface area (Å²) >= 11 is 5.85. The number of nitrogens with zero attached hydrogens (tertiary/aromatic N) is 1. The van der Waals surface area contributed by atoms with Crippen LogP contribution >= 0.6 is 11.6 Å². The molecule has 0 bridgehead atoms. The van der Waals surface area contributed by atoms with E-state index in [4.69, 9.17) is 16.7 Å². The second-order valence-corrected chi connectivity index (χ2v) is 4.34. The van der Waals surface area contributed by atoms with Gasteiger partial charge >= 0.3 is 0 Å². The van der Waals surface area contributed by atoms with Crippen LogP contribution in [-0.2, 0) is 9.59 Å². The van der Waals surface area contributed by atoms with Gasteiger partial charge in [-0.1, -0.05) is 17.7 Å². The molecule has 82 valence electrons. The third kappa shape index (κ3) is 1.68. The predicted molar refractivity (Wildman–Crippen MR) is 54.0 cm³/mol. The number of fused-ring (bicyclic) bond motifs is 1. The highest BCUT2D eigenvalue weighted by Gasteiger charge is 2.47. The van der Waals surface area contributed by atoms with E-state index in [1.165, 1.54) is 0 Å². The standard InChI is InChI=1S/C10H12ClNO3/c11-6-1-2-7-8(5-6)10(15)12(3-4-13)9(7)14/h1,7-8,13H,2-5H2/t7-,8-/m1/s1. The summed E-state index contributed by atoms with van der Waals surface area (Å²) < 4.78 is 0. The summed E-state index contributed by atoms with van der Waals surface area (Å²) in [6, 6.07) is 0. The number of rotatable bonds is 2. The van der Waals surface area contributed by atoms with Gasteiger partial charge in [-0.3, -0.25) is 14.5 Å². The van der Waals surface area contributed by atoms with E-state index in [1.54, 1.807) is 6.08 Å². The van der Waals surface area contributed by atoms with Crippen LogP contribution < -0.4 is 0 Å². The Morgan fingerprint density at radius 1 is 1.40 bits per heavy atom. The third-order valence-electron chi connectivity index (χ3n) is 2.98. The number of imide groups is 1. The summed E-state index contributed by atoms with van der Waals surface area (Å²) in [6.45, 7) is -0.0830. The molecule has 2 atom stereocenters. The van der Waals surface area contributed by atoms with Crippen LogP contribution in [0.25, 0.3) is 0 Å². The van der Waals surface area contributed by atoms with Crippen LogP contribution in [0, 0.1) is 11.8 Å². The van der Waals surface area contributed by atoms with Gasteiger partial charge in [-0.25, -0.2) is 0 Å². The molecule has 0 aromatic rings. The Kier molecular flexibility index (Phi) is 2.80. The maximum atomic E-state index is 11.8. The van der Waals surface area contributed by atoms with Gasteiger partial charge in [-0.15, -0.1) is 0 Å². The Balaban J connectivity index is 2.20. The maximum absolute atomic E-state index is 11.8. The maximum Gasteiger partial charge on any atom is 0.233 e. The molecule has 0 aromatic carbocycles. The molecule has 5 heteroatoms. The first-order chi connectivity index (χ1) is 7.15. The molecule has 1 aliphatic heterocycles. The zero-order valence-corrected chi connectivity index (χ0v) is 8.91. The smallest absolute Gasteiger partial charge is 0.233 e. The van der Waals surface area contributed by atoms with Crippen LogP contribution in [0.4, 0.5) is 0 Å². The highest BCUT2D eigenvalue weighted by atomic mass is 35.5. The zero-order valence-electron chi connectivity index (χ0n) is 8.15. The Morgan fingerprint density at radius 3 is 2.73 bits per heavy atom. The Hall–Kier alpha value is -0.870. The SMILES string of the molecule is O=C1[C@@H]2CC=C(Cl)C[C@H]2C(=O)N1CCO. The fourth-order valence-corrected chi connectivity index (χ4v) is 2.47. The molecule has 1 heterocycles. The van der Waals surface area contributed by atoms with Crippen molar-refractivity contribution in [1.82, 2.24) is 4.90 Å². The number of allylic oxidation sites excluding steroid dienone is 2. The molecular weight excluding hydrogens is 218 g/mol. The molecule has 0 saturated carbocycles. The molecule has 15 heavy (non-hydrogen) atoms. The average Bonchev–Trinajstić information content (AvgIpc) is 2.44. The van der Waals surface area contributed by atoms with Crippen LogP contribution in [0.15, 0.2) is 11.1 Å². The molecule has 2 rings (SSSR count). The fraction of sp³-hybridized carbons (Fsp3) is 0.600. The van der Waals surface area contributed by atoms with Crippen LogP contribution in [0.3, 0.4) is 0 Å². The van der Waals surface area contributed by atoms with Gasteiger partial charge in [0.1, 0.15) is 0 Å². The number of hydrogen-bond acceptors (Lipinski definition) is 3. The molecule has 1 N–H and O–H groups in total. The quantitative estimate of drug-likeness (QED) is 0.702. The van der Waals surface area contributed by atoms with Crippen molar-refractivity contribution in [2.45, 2.75) is 12.8 Å². The van der Waals surface area contributed by atoms with E-state index in [-0.39, 0.29) is 36.8 Å². The third-order valence-corrected chi connectivity index (χ3v) is 3.29. The molecule has 1 aliphatic carbocycles. The van der Waals surface area contributed by atoms with Crippen molar-refractivity contribution in [3.8, 4) is 0 Å². The zero-order chi connectivity index (χ0) is 11.0. The number of halogens is 1. The molecule has 0 unspecified atom stereocenters. The molecule has 2 amide bonds. The molecule has 4 nitrogen and oxygen atoms in total. The summed E-state index contributed by atoms with van der Waals surface area (Å²) in [4.78, 5) is 24.7. The summed E-state index contributed by atoms with van der Waals surface area (Å²) in [7, 11) is 0. The van der Waals surface area contributed by atoms with Crippen molar-refractivity contribution >= 4 is 23.4 Å². The molecule has 0 radical (unpaired) electrons. The lowest BCUT2D eigenvalue weighted by Crippen LogP contribution is -2.33. The van der Waals surface area contributed by atoms with E-state index < -0.39 is 0 Å². The van der Waals surface area contributed by atoms with Gasteiger partial charge < -0.3 is 5.11 Å². The summed E-state index contributed by atoms with van der Waals surface area (Å²) in [5, 5.41) is 9.42. The van der Waals surface area contributed by atoms with Gasteiger partial charge in [-0.05, 0) is 12.8 Å². The van der Waals surface area contributed by atoms with Crippen LogP contribution in [-0.4, -0.2) is 35.0 Å². The first kappa shape index (κ1) is 10.6. The van der Waals surface area contributed by atoms with Crippen LogP contribution in [0.1, 0.15) is 12.8 Å². The molecule has 0 spiro atoms. The Labute approximate surface area is 92.5 Å². The highest BCUT2D eigenvalue weighted by Crippen LogP contribution is 2.38. The van der Waals surface area contributed by atoms with E-state index in [1.807, 2.05) is 0 Å². The average molecular weight is 230 g/mol. The topological polar surface area (TPSA) is 57.6 Å².